The summed E-state index contributed by atoms with van der Waals surface area (Å²) in [5, 5.41) is 0.385. The average Bonchev–Trinajstić information content (AvgIpc) is 2.46. The lowest BCUT2D eigenvalue weighted by Crippen LogP contribution is -2.30. The van der Waals surface area contributed by atoms with E-state index in [9.17, 15) is 13.6 Å². The minimum atomic E-state index is -0.965. The fourth-order valence-corrected chi connectivity index (χ4v) is 2.11. The molecule has 0 aliphatic rings. The third-order valence-electron chi connectivity index (χ3n) is 3.17. The molecular weight excluding hydrogens is 280 g/mol. The number of hydrogen-bond acceptors (Lipinski definition) is 5. The molecule has 0 aliphatic carbocycles. The van der Waals surface area contributed by atoms with Crippen molar-refractivity contribution in [2.45, 2.75) is 6.92 Å². The first-order valence-electron chi connectivity index (χ1n) is 6.32. The Kier molecular flexibility index (Phi) is 4.30. The highest BCUT2D eigenvalue weighted by atomic mass is 19.2. The molecule has 0 N–H and O–H groups in total. The summed E-state index contributed by atoms with van der Waals surface area (Å²) in [6.07, 6.45) is 1.27. The summed E-state index contributed by atoms with van der Waals surface area (Å²) < 4.78 is 31.3. The highest BCUT2D eigenvalue weighted by molar-refractivity contribution is 5.89. The molecule has 0 fully saturated rings. The van der Waals surface area contributed by atoms with E-state index in [1.165, 1.54) is 13.4 Å². The van der Waals surface area contributed by atoms with Crippen molar-refractivity contribution in [3.8, 4) is 0 Å². The van der Waals surface area contributed by atoms with Gasteiger partial charge in [-0.1, -0.05) is 6.92 Å². The summed E-state index contributed by atoms with van der Waals surface area (Å²) in [6, 6.07) is 2.08. The van der Waals surface area contributed by atoms with Crippen molar-refractivity contribution in [1.82, 2.24) is 9.97 Å². The number of aromatic nitrogens is 2. The van der Waals surface area contributed by atoms with Crippen molar-refractivity contribution in [1.29, 1.82) is 0 Å². The van der Waals surface area contributed by atoms with Crippen LogP contribution >= 0.6 is 0 Å². The monoisotopic (exact) mass is 295 g/mol. The largest absolute Gasteiger partial charge is 0.469 e. The minimum absolute atomic E-state index is 0.302. The normalized spacial score (nSPS) is 12.2. The van der Waals surface area contributed by atoms with E-state index in [-0.39, 0.29) is 11.9 Å². The topological polar surface area (TPSA) is 55.3 Å². The van der Waals surface area contributed by atoms with Gasteiger partial charge in [-0.3, -0.25) is 4.79 Å². The van der Waals surface area contributed by atoms with Crippen LogP contribution in [0.25, 0.3) is 10.9 Å². The fourth-order valence-electron chi connectivity index (χ4n) is 2.11. The van der Waals surface area contributed by atoms with Crippen LogP contribution in [0, 0.1) is 17.6 Å². The Hall–Kier alpha value is -2.31. The molecule has 5 nitrogen and oxygen atoms in total. The zero-order valence-corrected chi connectivity index (χ0v) is 11.9. The molecule has 0 radical (unpaired) electrons. The molecule has 2 rings (SSSR count). The van der Waals surface area contributed by atoms with Crippen LogP contribution in [0.3, 0.4) is 0 Å². The number of rotatable bonds is 4. The molecule has 21 heavy (non-hydrogen) atoms. The second kappa shape index (κ2) is 5.99. The number of carbonyl (C=O) groups is 1. The first kappa shape index (κ1) is 15.1. The molecule has 0 saturated carbocycles. The van der Waals surface area contributed by atoms with E-state index in [2.05, 4.69) is 14.7 Å². The molecule has 1 heterocycles. The number of esters is 1. The summed E-state index contributed by atoms with van der Waals surface area (Å²) in [5.74, 6) is -2.23. The van der Waals surface area contributed by atoms with Crippen LogP contribution in [-0.2, 0) is 9.53 Å². The van der Waals surface area contributed by atoms with E-state index in [0.717, 1.165) is 12.1 Å². The van der Waals surface area contributed by atoms with Gasteiger partial charge >= 0.3 is 5.97 Å². The Morgan fingerprint density at radius 2 is 2.00 bits per heavy atom. The fraction of sp³-hybridized carbons (Fsp3) is 0.357. The Morgan fingerprint density at radius 3 is 2.67 bits per heavy atom. The quantitative estimate of drug-likeness (QED) is 0.809. The molecule has 0 spiro atoms. The third kappa shape index (κ3) is 3.07. The van der Waals surface area contributed by atoms with Gasteiger partial charge in [-0.25, -0.2) is 18.7 Å². The zero-order valence-electron chi connectivity index (χ0n) is 11.9. The van der Waals surface area contributed by atoms with Crippen LogP contribution in [0.4, 0.5) is 14.6 Å². The number of methoxy groups -OCH3 is 1. The summed E-state index contributed by atoms with van der Waals surface area (Å²) in [7, 11) is 3.03. The van der Waals surface area contributed by atoms with Crippen LogP contribution in [-0.4, -0.2) is 36.6 Å². The smallest absolute Gasteiger partial charge is 0.310 e. The van der Waals surface area contributed by atoms with Crippen LogP contribution in [0.1, 0.15) is 6.92 Å². The Morgan fingerprint density at radius 1 is 1.33 bits per heavy atom. The first-order valence-corrected chi connectivity index (χ1v) is 6.32. The number of anilines is 1. The molecule has 0 amide bonds. The van der Waals surface area contributed by atoms with Gasteiger partial charge in [-0.15, -0.1) is 0 Å². The molecule has 1 atom stereocenters. The maximum atomic E-state index is 13.4. The number of carbonyl (C=O) groups excluding carboxylic acids is 1. The maximum Gasteiger partial charge on any atom is 0.310 e. The Labute approximate surface area is 120 Å². The number of fused-ring (bicyclic) bond motifs is 1. The molecule has 0 saturated heterocycles. The third-order valence-corrected chi connectivity index (χ3v) is 3.17. The number of halogens is 2. The lowest BCUT2D eigenvalue weighted by Gasteiger charge is -2.22. The van der Waals surface area contributed by atoms with Crippen LogP contribution in [0.5, 0.6) is 0 Å². The number of nitrogens with zero attached hydrogens (tertiary/aromatic N) is 3. The Balaban J connectivity index is 2.37. The van der Waals surface area contributed by atoms with Crippen LogP contribution in [0.2, 0.25) is 0 Å². The molecule has 0 aliphatic heterocycles. The molecular formula is C14H15F2N3O2. The van der Waals surface area contributed by atoms with Gasteiger partial charge in [0.05, 0.1) is 18.5 Å². The predicted molar refractivity (Wildman–Crippen MR) is 73.9 cm³/mol. The molecule has 7 heteroatoms. The number of ether oxygens (including phenoxy) is 1. The summed E-state index contributed by atoms with van der Waals surface area (Å²) in [5.41, 5.74) is 0.302. The van der Waals surface area contributed by atoms with Gasteiger partial charge in [0.25, 0.3) is 0 Å². The van der Waals surface area contributed by atoms with Crippen molar-refractivity contribution in [3.05, 3.63) is 30.1 Å². The van der Waals surface area contributed by atoms with Crippen molar-refractivity contribution in [3.63, 3.8) is 0 Å². The van der Waals surface area contributed by atoms with E-state index in [1.54, 1.807) is 18.9 Å². The zero-order chi connectivity index (χ0) is 15.6. The highest BCUT2D eigenvalue weighted by Crippen LogP contribution is 2.25. The van der Waals surface area contributed by atoms with Crippen molar-refractivity contribution in [2.24, 2.45) is 5.92 Å². The van der Waals surface area contributed by atoms with E-state index >= 15 is 0 Å². The Bertz CT molecular complexity index is 679. The minimum Gasteiger partial charge on any atom is -0.469 e. The van der Waals surface area contributed by atoms with Gasteiger partial charge in [0.1, 0.15) is 12.1 Å². The SMILES string of the molecule is COC(=O)[C@@H](C)CN(C)c1ncnc2cc(F)c(F)cc12. The van der Waals surface area contributed by atoms with Gasteiger partial charge in [0, 0.05) is 25.0 Å². The lowest BCUT2D eigenvalue weighted by molar-refractivity contribution is -0.144. The van der Waals surface area contributed by atoms with E-state index in [4.69, 9.17) is 0 Å². The van der Waals surface area contributed by atoms with Crippen molar-refractivity contribution < 1.29 is 18.3 Å². The van der Waals surface area contributed by atoms with E-state index in [0.29, 0.717) is 23.3 Å². The molecule has 1 aromatic carbocycles. The number of benzene rings is 1. The molecule has 2 aromatic rings. The van der Waals surface area contributed by atoms with Gasteiger partial charge in [-0.05, 0) is 6.07 Å². The van der Waals surface area contributed by atoms with Crippen molar-refractivity contribution in [2.75, 3.05) is 25.6 Å². The van der Waals surface area contributed by atoms with Crippen LogP contribution < -0.4 is 4.90 Å². The second-order valence-corrected chi connectivity index (χ2v) is 4.79. The van der Waals surface area contributed by atoms with Crippen molar-refractivity contribution >= 4 is 22.7 Å². The first-order chi connectivity index (χ1) is 9.93. The summed E-state index contributed by atoms with van der Waals surface area (Å²) >= 11 is 0. The predicted octanol–water partition coefficient (Wildman–Crippen LogP) is 2.15. The lowest BCUT2D eigenvalue weighted by atomic mass is 10.1. The second-order valence-electron chi connectivity index (χ2n) is 4.79. The van der Waals surface area contributed by atoms with E-state index in [1.807, 2.05) is 0 Å². The summed E-state index contributed by atoms with van der Waals surface area (Å²) in [6.45, 7) is 2.05. The van der Waals surface area contributed by atoms with Crippen LogP contribution in [0.15, 0.2) is 18.5 Å². The van der Waals surface area contributed by atoms with Gasteiger partial charge in [0.15, 0.2) is 11.6 Å². The summed E-state index contributed by atoms with van der Waals surface area (Å²) in [4.78, 5) is 21.1. The average molecular weight is 295 g/mol. The molecule has 1 aromatic heterocycles. The highest BCUT2D eigenvalue weighted by Gasteiger charge is 2.18. The van der Waals surface area contributed by atoms with Gasteiger partial charge in [0.2, 0.25) is 0 Å². The molecule has 0 bridgehead atoms. The molecule has 112 valence electrons. The van der Waals surface area contributed by atoms with Gasteiger partial charge in [-0.2, -0.15) is 0 Å². The maximum absolute atomic E-state index is 13.4. The standard InChI is InChI=1S/C14H15F2N3O2/c1-8(14(20)21-3)6-19(2)13-9-4-10(15)11(16)5-12(9)17-7-18-13/h4-5,7-8H,6H2,1-3H3/t8-/m0/s1. The molecule has 0 unspecified atom stereocenters. The number of hydrogen-bond donors (Lipinski definition) is 0. The van der Waals surface area contributed by atoms with Gasteiger partial charge < -0.3 is 9.64 Å². The van der Waals surface area contributed by atoms with E-state index < -0.39 is 11.6 Å².